The summed E-state index contributed by atoms with van der Waals surface area (Å²) in [5, 5.41) is 2.84. The Balaban J connectivity index is 2.42. The molecule has 0 aromatic carbocycles. The fourth-order valence-electron chi connectivity index (χ4n) is 1.22. The lowest BCUT2D eigenvalue weighted by Gasteiger charge is -2.31. The van der Waals surface area contributed by atoms with Crippen molar-refractivity contribution >= 4 is 5.91 Å². The van der Waals surface area contributed by atoms with Gasteiger partial charge in [-0.05, 0) is 13.3 Å². The lowest BCUT2D eigenvalue weighted by atomic mass is 9.91. The molecule has 0 bridgehead atoms. The van der Waals surface area contributed by atoms with Gasteiger partial charge in [0.1, 0.15) is 6.79 Å². The van der Waals surface area contributed by atoms with Gasteiger partial charge in [-0.25, -0.2) is 0 Å². The van der Waals surface area contributed by atoms with Crippen LogP contribution >= 0.6 is 0 Å². The van der Waals surface area contributed by atoms with Crippen molar-refractivity contribution in [2.75, 3.05) is 26.6 Å². The summed E-state index contributed by atoms with van der Waals surface area (Å²) >= 11 is 0. The minimum atomic E-state index is -0.507. The third kappa shape index (κ3) is 2.67. The third-order valence-corrected chi connectivity index (χ3v) is 2.09. The standard InChI is InChI=1S/C9H17NO3/c1-3-4-10-8(11)9(2)5-12-7-13-6-9/h3-7H2,1-2H3,(H,10,11). The van der Waals surface area contributed by atoms with E-state index in [0.29, 0.717) is 26.6 Å². The summed E-state index contributed by atoms with van der Waals surface area (Å²) in [5.74, 6) is 0.0223. The van der Waals surface area contributed by atoms with Gasteiger partial charge in [0.15, 0.2) is 0 Å². The minimum absolute atomic E-state index is 0.0223. The third-order valence-electron chi connectivity index (χ3n) is 2.09. The van der Waals surface area contributed by atoms with E-state index >= 15 is 0 Å². The number of amides is 1. The van der Waals surface area contributed by atoms with Crippen molar-refractivity contribution in [2.45, 2.75) is 20.3 Å². The van der Waals surface area contributed by atoms with Crippen molar-refractivity contribution in [1.29, 1.82) is 0 Å². The Morgan fingerprint density at radius 3 is 2.62 bits per heavy atom. The summed E-state index contributed by atoms with van der Waals surface area (Å²) in [7, 11) is 0. The van der Waals surface area contributed by atoms with Crippen LogP contribution in [0.2, 0.25) is 0 Å². The van der Waals surface area contributed by atoms with E-state index in [1.165, 1.54) is 0 Å². The van der Waals surface area contributed by atoms with Gasteiger partial charge in [-0.15, -0.1) is 0 Å². The fourth-order valence-corrected chi connectivity index (χ4v) is 1.22. The summed E-state index contributed by atoms with van der Waals surface area (Å²) in [4.78, 5) is 11.6. The van der Waals surface area contributed by atoms with Crippen LogP contribution < -0.4 is 5.32 Å². The van der Waals surface area contributed by atoms with Crippen molar-refractivity contribution in [3.05, 3.63) is 0 Å². The summed E-state index contributed by atoms with van der Waals surface area (Å²) in [5.41, 5.74) is -0.507. The Morgan fingerprint density at radius 2 is 2.08 bits per heavy atom. The lowest BCUT2D eigenvalue weighted by Crippen LogP contribution is -2.48. The predicted octanol–water partition coefficient (Wildman–Crippen LogP) is 0.523. The number of ether oxygens (including phenoxy) is 2. The van der Waals surface area contributed by atoms with Crippen molar-refractivity contribution in [3.8, 4) is 0 Å². The zero-order chi connectivity index (χ0) is 9.73. The molecule has 1 saturated heterocycles. The second-order valence-electron chi connectivity index (χ2n) is 3.63. The Kier molecular flexibility index (Phi) is 3.69. The number of carbonyl (C=O) groups excluding carboxylic acids is 1. The largest absolute Gasteiger partial charge is 0.355 e. The SMILES string of the molecule is CCCNC(=O)C1(C)COCOC1. The van der Waals surface area contributed by atoms with E-state index in [0.717, 1.165) is 6.42 Å². The van der Waals surface area contributed by atoms with Crippen LogP contribution in [0.15, 0.2) is 0 Å². The summed E-state index contributed by atoms with van der Waals surface area (Å²) in [6.07, 6.45) is 0.948. The number of rotatable bonds is 3. The summed E-state index contributed by atoms with van der Waals surface area (Å²) in [6.45, 7) is 5.80. The molecule has 0 saturated carbocycles. The number of carbonyl (C=O) groups is 1. The van der Waals surface area contributed by atoms with Gasteiger partial charge >= 0.3 is 0 Å². The molecular formula is C9H17NO3. The number of hydrogen-bond donors (Lipinski definition) is 1. The second-order valence-corrected chi connectivity index (χ2v) is 3.63. The number of hydrogen-bond acceptors (Lipinski definition) is 3. The van der Waals surface area contributed by atoms with Crippen LogP contribution in [0.5, 0.6) is 0 Å². The van der Waals surface area contributed by atoms with Crippen molar-refractivity contribution in [2.24, 2.45) is 5.41 Å². The molecule has 0 aromatic heterocycles. The van der Waals surface area contributed by atoms with Gasteiger partial charge in [0.2, 0.25) is 5.91 Å². The monoisotopic (exact) mass is 187 g/mol. The summed E-state index contributed by atoms with van der Waals surface area (Å²) < 4.78 is 10.2. The molecule has 1 amide bonds. The molecule has 1 fully saturated rings. The molecule has 0 aromatic rings. The smallest absolute Gasteiger partial charge is 0.230 e. The van der Waals surface area contributed by atoms with Crippen LogP contribution in [0.4, 0.5) is 0 Å². The maximum Gasteiger partial charge on any atom is 0.230 e. The van der Waals surface area contributed by atoms with E-state index < -0.39 is 5.41 Å². The van der Waals surface area contributed by atoms with Crippen LogP contribution in [0, 0.1) is 5.41 Å². The molecule has 1 rings (SSSR count). The van der Waals surface area contributed by atoms with E-state index in [-0.39, 0.29) is 5.91 Å². The van der Waals surface area contributed by atoms with Gasteiger partial charge in [0, 0.05) is 6.54 Å². The Bertz CT molecular complexity index is 176. The van der Waals surface area contributed by atoms with Gasteiger partial charge in [0.05, 0.1) is 18.6 Å². The van der Waals surface area contributed by atoms with Gasteiger partial charge in [-0.2, -0.15) is 0 Å². The maximum absolute atomic E-state index is 11.6. The van der Waals surface area contributed by atoms with Crippen LogP contribution in [0.1, 0.15) is 20.3 Å². The lowest BCUT2D eigenvalue weighted by molar-refractivity contribution is -0.173. The summed E-state index contributed by atoms with van der Waals surface area (Å²) in [6, 6.07) is 0. The van der Waals surface area contributed by atoms with E-state index in [2.05, 4.69) is 5.32 Å². The highest BCUT2D eigenvalue weighted by molar-refractivity contribution is 5.82. The molecule has 0 atom stereocenters. The van der Waals surface area contributed by atoms with E-state index in [9.17, 15) is 4.79 Å². The Labute approximate surface area is 78.6 Å². The molecule has 13 heavy (non-hydrogen) atoms. The molecule has 1 aliphatic heterocycles. The van der Waals surface area contributed by atoms with Crippen molar-refractivity contribution in [3.63, 3.8) is 0 Å². The predicted molar refractivity (Wildman–Crippen MR) is 48.2 cm³/mol. The fraction of sp³-hybridized carbons (Fsp3) is 0.889. The normalized spacial score (nSPS) is 21.1. The molecule has 4 heteroatoms. The van der Waals surface area contributed by atoms with Crippen LogP contribution in [-0.4, -0.2) is 32.5 Å². The molecule has 0 aliphatic carbocycles. The highest BCUT2D eigenvalue weighted by atomic mass is 16.7. The van der Waals surface area contributed by atoms with Crippen molar-refractivity contribution in [1.82, 2.24) is 5.32 Å². The van der Waals surface area contributed by atoms with Gasteiger partial charge < -0.3 is 14.8 Å². The molecule has 1 heterocycles. The topological polar surface area (TPSA) is 47.6 Å². The van der Waals surface area contributed by atoms with E-state index in [4.69, 9.17) is 9.47 Å². The Morgan fingerprint density at radius 1 is 1.46 bits per heavy atom. The quantitative estimate of drug-likeness (QED) is 0.700. The maximum atomic E-state index is 11.6. The molecule has 0 unspecified atom stereocenters. The number of nitrogens with one attached hydrogen (secondary N) is 1. The molecular weight excluding hydrogens is 170 g/mol. The molecule has 4 nitrogen and oxygen atoms in total. The van der Waals surface area contributed by atoms with Crippen LogP contribution in [0.3, 0.4) is 0 Å². The average Bonchev–Trinajstić information content (AvgIpc) is 2.15. The molecule has 1 aliphatic rings. The first-order valence-corrected chi connectivity index (χ1v) is 4.63. The molecule has 0 spiro atoms. The van der Waals surface area contributed by atoms with E-state index in [1.807, 2.05) is 13.8 Å². The first-order valence-electron chi connectivity index (χ1n) is 4.63. The van der Waals surface area contributed by atoms with Crippen LogP contribution in [0.25, 0.3) is 0 Å². The average molecular weight is 187 g/mol. The van der Waals surface area contributed by atoms with Gasteiger partial charge in [-0.3, -0.25) is 4.79 Å². The van der Waals surface area contributed by atoms with E-state index in [1.54, 1.807) is 0 Å². The highest BCUT2D eigenvalue weighted by Gasteiger charge is 2.36. The molecule has 1 N–H and O–H groups in total. The molecule has 0 radical (unpaired) electrons. The van der Waals surface area contributed by atoms with Crippen LogP contribution in [-0.2, 0) is 14.3 Å². The zero-order valence-electron chi connectivity index (χ0n) is 8.26. The zero-order valence-corrected chi connectivity index (χ0v) is 8.26. The minimum Gasteiger partial charge on any atom is -0.355 e. The Hall–Kier alpha value is -0.610. The first-order chi connectivity index (χ1) is 6.19. The van der Waals surface area contributed by atoms with Crippen molar-refractivity contribution < 1.29 is 14.3 Å². The molecule has 76 valence electrons. The second kappa shape index (κ2) is 4.58. The van der Waals surface area contributed by atoms with Gasteiger partial charge in [-0.1, -0.05) is 6.92 Å². The highest BCUT2D eigenvalue weighted by Crippen LogP contribution is 2.21. The first kappa shape index (κ1) is 10.5. The van der Waals surface area contributed by atoms with Gasteiger partial charge in [0.25, 0.3) is 0 Å².